The van der Waals surface area contributed by atoms with Crippen LogP contribution in [0.3, 0.4) is 0 Å². The first-order valence-electron chi connectivity index (χ1n) is 6.24. The van der Waals surface area contributed by atoms with E-state index in [9.17, 15) is 4.79 Å². The summed E-state index contributed by atoms with van der Waals surface area (Å²) < 4.78 is 0. The van der Waals surface area contributed by atoms with E-state index < -0.39 is 0 Å². The Morgan fingerprint density at radius 1 is 1.27 bits per heavy atom. The Morgan fingerprint density at radius 3 is 2.47 bits per heavy atom. The van der Waals surface area contributed by atoms with Crippen molar-refractivity contribution in [2.24, 2.45) is 5.41 Å². The summed E-state index contributed by atoms with van der Waals surface area (Å²) in [4.78, 5) is 11.4. The molecule has 0 aromatic rings. The van der Waals surface area contributed by atoms with E-state index in [2.05, 4.69) is 24.5 Å². The second kappa shape index (κ2) is 5.99. The normalized spacial score (nSPS) is 18.0. The molecule has 0 atom stereocenters. The third-order valence-corrected chi connectivity index (χ3v) is 3.60. The number of amides is 2. The lowest BCUT2D eigenvalue weighted by Crippen LogP contribution is -2.45. The van der Waals surface area contributed by atoms with Crippen LogP contribution in [0.25, 0.3) is 0 Å². The van der Waals surface area contributed by atoms with Crippen LogP contribution >= 0.6 is 0 Å². The van der Waals surface area contributed by atoms with Crippen molar-refractivity contribution in [3.63, 3.8) is 0 Å². The van der Waals surface area contributed by atoms with Crippen LogP contribution in [0.1, 0.15) is 52.4 Å². The van der Waals surface area contributed by atoms with Crippen molar-refractivity contribution in [3.8, 4) is 0 Å². The Hall–Kier alpha value is -0.730. The SMILES string of the molecule is CCCCNC(=O)NCC1(CC)CCC1. The Labute approximate surface area is 93.0 Å². The highest BCUT2D eigenvalue weighted by Gasteiger charge is 2.35. The first-order valence-corrected chi connectivity index (χ1v) is 6.24. The minimum atomic E-state index is 0.00294. The number of unbranched alkanes of at least 4 members (excludes halogenated alkanes) is 1. The molecular formula is C12H24N2O. The van der Waals surface area contributed by atoms with Crippen molar-refractivity contribution in [1.29, 1.82) is 0 Å². The Kier molecular flexibility index (Phi) is 4.92. The van der Waals surface area contributed by atoms with Gasteiger partial charge >= 0.3 is 6.03 Å². The predicted octanol–water partition coefficient (Wildman–Crippen LogP) is 2.67. The summed E-state index contributed by atoms with van der Waals surface area (Å²) in [6, 6.07) is 0.00294. The molecular weight excluding hydrogens is 188 g/mol. The molecule has 2 N–H and O–H groups in total. The molecule has 1 fully saturated rings. The molecule has 0 spiro atoms. The minimum Gasteiger partial charge on any atom is -0.338 e. The monoisotopic (exact) mass is 212 g/mol. The summed E-state index contributed by atoms with van der Waals surface area (Å²) in [7, 11) is 0. The maximum atomic E-state index is 11.4. The molecule has 3 heteroatoms. The zero-order valence-corrected chi connectivity index (χ0v) is 10.1. The fraction of sp³-hybridized carbons (Fsp3) is 0.917. The average Bonchev–Trinajstić information content (AvgIpc) is 2.17. The van der Waals surface area contributed by atoms with Gasteiger partial charge in [0.25, 0.3) is 0 Å². The van der Waals surface area contributed by atoms with Gasteiger partial charge in [-0.15, -0.1) is 0 Å². The first kappa shape index (κ1) is 12.3. The Morgan fingerprint density at radius 2 is 2.00 bits per heavy atom. The van der Waals surface area contributed by atoms with Gasteiger partial charge in [-0.2, -0.15) is 0 Å². The smallest absolute Gasteiger partial charge is 0.314 e. The summed E-state index contributed by atoms with van der Waals surface area (Å²) in [5, 5.41) is 5.86. The molecule has 0 aliphatic heterocycles. The van der Waals surface area contributed by atoms with Crippen molar-refractivity contribution in [3.05, 3.63) is 0 Å². The van der Waals surface area contributed by atoms with Crippen LogP contribution < -0.4 is 10.6 Å². The molecule has 1 aliphatic carbocycles. The van der Waals surface area contributed by atoms with Gasteiger partial charge < -0.3 is 10.6 Å². The van der Waals surface area contributed by atoms with E-state index in [1.165, 1.54) is 25.7 Å². The van der Waals surface area contributed by atoms with Crippen molar-refractivity contribution in [2.75, 3.05) is 13.1 Å². The molecule has 0 bridgehead atoms. The molecule has 0 saturated heterocycles. The summed E-state index contributed by atoms with van der Waals surface area (Å²) in [5.74, 6) is 0. The van der Waals surface area contributed by atoms with E-state index in [4.69, 9.17) is 0 Å². The van der Waals surface area contributed by atoms with Gasteiger partial charge in [-0.1, -0.05) is 26.7 Å². The number of hydrogen-bond acceptors (Lipinski definition) is 1. The lowest BCUT2D eigenvalue weighted by atomic mass is 9.67. The third-order valence-electron chi connectivity index (χ3n) is 3.60. The minimum absolute atomic E-state index is 0.00294. The van der Waals surface area contributed by atoms with E-state index in [0.29, 0.717) is 5.41 Å². The number of rotatable bonds is 6. The molecule has 1 rings (SSSR count). The van der Waals surface area contributed by atoms with E-state index >= 15 is 0 Å². The van der Waals surface area contributed by atoms with E-state index in [-0.39, 0.29) is 6.03 Å². The molecule has 15 heavy (non-hydrogen) atoms. The standard InChI is InChI=1S/C12H24N2O/c1-3-5-9-13-11(15)14-10-12(4-2)7-6-8-12/h3-10H2,1-2H3,(H2,13,14,15). The molecule has 0 unspecified atom stereocenters. The largest absolute Gasteiger partial charge is 0.338 e. The van der Waals surface area contributed by atoms with Gasteiger partial charge in [0.2, 0.25) is 0 Å². The van der Waals surface area contributed by atoms with Gasteiger partial charge in [-0.3, -0.25) is 0 Å². The van der Waals surface area contributed by atoms with Crippen LogP contribution in [0, 0.1) is 5.41 Å². The van der Waals surface area contributed by atoms with Gasteiger partial charge in [-0.25, -0.2) is 4.79 Å². The Balaban J connectivity index is 2.10. The van der Waals surface area contributed by atoms with Crippen LogP contribution in [0.4, 0.5) is 4.79 Å². The summed E-state index contributed by atoms with van der Waals surface area (Å²) in [5.41, 5.74) is 0.419. The molecule has 88 valence electrons. The van der Waals surface area contributed by atoms with Gasteiger partial charge in [-0.05, 0) is 31.1 Å². The second-order valence-corrected chi connectivity index (χ2v) is 4.67. The van der Waals surface area contributed by atoms with E-state index in [1.807, 2.05) is 0 Å². The fourth-order valence-corrected chi connectivity index (χ4v) is 2.04. The van der Waals surface area contributed by atoms with Crippen LogP contribution in [0.15, 0.2) is 0 Å². The van der Waals surface area contributed by atoms with Crippen LogP contribution in [0.5, 0.6) is 0 Å². The maximum absolute atomic E-state index is 11.4. The van der Waals surface area contributed by atoms with Gasteiger partial charge in [0.1, 0.15) is 0 Å². The summed E-state index contributed by atoms with van der Waals surface area (Å²) in [6.07, 6.45) is 7.25. The van der Waals surface area contributed by atoms with Crippen molar-refractivity contribution >= 4 is 6.03 Å². The van der Waals surface area contributed by atoms with Crippen LogP contribution in [0.2, 0.25) is 0 Å². The zero-order valence-electron chi connectivity index (χ0n) is 10.1. The lowest BCUT2D eigenvalue weighted by molar-refractivity contribution is 0.126. The molecule has 0 radical (unpaired) electrons. The van der Waals surface area contributed by atoms with E-state index in [0.717, 1.165) is 25.9 Å². The lowest BCUT2D eigenvalue weighted by Gasteiger charge is -2.41. The number of urea groups is 1. The molecule has 0 aromatic carbocycles. The summed E-state index contributed by atoms with van der Waals surface area (Å²) in [6.45, 7) is 5.98. The maximum Gasteiger partial charge on any atom is 0.314 e. The zero-order chi connectivity index (χ0) is 11.1. The highest BCUT2D eigenvalue weighted by molar-refractivity contribution is 5.73. The molecule has 0 heterocycles. The molecule has 1 saturated carbocycles. The summed E-state index contributed by atoms with van der Waals surface area (Å²) >= 11 is 0. The van der Waals surface area contributed by atoms with Crippen molar-refractivity contribution in [2.45, 2.75) is 52.4 Å². The number of hydrogen-bond donors (Lipinski definition) is 2. The molecule has 2 amide bonds. The van der Waals surface area contributed by atoms with Gasteiger partial charge in [0, 0.05) is 13.1 Å². The van der Waals surface area contributed by atoms with Crippen molar-refractivity contribution < 1.29 is 4.79 Å². The first-order chi connectivity index (χ1) is 7.22. The third kappa shape index (κ3) is 3.73. The number of carbonyl (C=O) groups excluding carboxylic acids is 1. The van der Waals surface area contributed by atoms with E-state index in [1.54, 1.807) is 0 Å². The van der Waals surface area contributed by atoms with Crippen LogP contribution in [-0.2, 0) is 0 Å². The number of carbonyl (C=O) groups is 1. The van der Waals surface area contributed by atoms with Gasteiger partial charge in [0.15, 0.2) is 0 Å². The molecule has 0 aromatic heterocycles. The topological polar surface area (TPSA) is 41.1 Å². The highest BCUT2D eigenvalue weighted by atomic mass is 16.2. The van der Waals surface area contributed by atoms with Gasteiger partial charge in [0.05, 0.1) is 0 Å². The second-order valence-electron chi connectivity index (χ2n) is 4.67. The fourth-order valence-electron chi connectivity index (χ4n) is 2.04. The average molecular weight is 212 g/mol. The van der Waals surface area contributed by atoms with Crippen LogP contribution in [-0.4, -0.2) is 19.1 Å². The highest BCUT2D eigenvalue weighted by Crippen LogP contribution is 2.42. The molecule has 3 nitrogen and oxygen atoms in total. The quantitative estimate of drug-likeness (QED) is 0.653. The van der Waals surface area contributed by atoms with Crippen molar-refractivity contribution in [1.82, 2.24) is 10.6 Å². The molecule has 1 aliphatic rings. The Bertz CT molecular complexity index is 194. The number of nitrogens with one attached hydrogen (secondary N) is 2. The predicted molar refractivity (Wildman–Crippen MR) is 62.9 cm³/mol.